The highest BCUT2D eigenvalue weighted by Gasteiger charge is 2.28. The van der Waals surface area contributed by atoms with Gasteiger partial charge < -0.3 is 9.88 Å². The van der Waals surface area contributed by atoms with Gasteiger partial charge in [0.05, 0.1) is 12.4 Å². The summed E-state index contributed by atoms with van der Waals surface area (Å²) in [4.78, 5) is 31.8. The Morgan fingerprint density at radius 2 is 2.05 bits per heavy atom. The van der Waals surface area contributed by atoms with Crippen LogP contribution >= 0.6 is 0 Å². The second-order valence-electron chi connectivity index (χ2n) is 6.60. The van der Waals surface area contributed by atoms with Crippen molar-refractivity contribution in [2.45, 2.75) is 40.0 Å². The van der Waals surface area contributed by atoms with Crippen LogP contribution in [-0.2, 0) is 0 Å². The normalized spacial score (nSPS) is 20.6. The number of aromatic amines is 1. The average Bonchev–Trinajstić information content (AvgIpc) is 2.63. The Labute approximate surface area is 119 Å². The lowest BCUT2D eigenvalue weighted by Gasteiger charge is -2.29. The van der Waals surface area contributed by atoms with Crippen LogP contribution in [0.2, 0.25) is 0 Å². The monoisotopic (exact) mass is 277 g/mol. The molecule has 1 aliphatic rings. The molecule has 110 valence electrons. The maximum Gasteiger partial charge on any atom is 0.271 e. The second-order valence-corrected chi connectivity index (χ2v) is 6.60. The zero-order chi connectivity index (χ0) is 14.8. The van der Waals surface area contributed by atoms with Crippen LogP contribution in [0.5, 0.6) is 0 Å². The van der Waals surface area contributed by atoms with Crippen molar-refractivity contribution in [2.24, 2.45) is 11.3 Å². The van der Waals surface area contributed by atoms with E-state index in [1.807, 2.05) is 4.90 Å². The highest BCUT2D eigenvalue weighted by molar-refractivity contribution is 5.91. The highest BCUT2D eigenvalue weighted by Crippen LogP contribution is 2.34. The van der Waals surface area contributed by atoms with Gasteiger partial charge in [-0.2, -0.15) is 0 Å². The maximum absolute atomic E-state index is 12.4. The molecule has 1 aromatic rings. The molecule has 0 radical (unpaired) electrons. The summed E-state index contributed by atoms with van der Waals surface area (Å²) in [5, 5.41) is 0. The Morgan fingerprint density at radius 1 is 1.30 bits per heavy atom. The molecule has 0 aromatic carbocycles. The lowest BCUT2D eigenvalue weighted by Crippen LogP contribution is -2.34. The molecular formula is C15H23N3O2. The molecule has 1 fully saturated rings. The highest BCUT2D eigenvalue weighted by atomic mass is 16.2. The quantitative estimate of drug-likeness (QED) is 0.854. The molecule has 5 nitrogen and oxygen atoms in total. The lowest BCUT2D eigenvalue weighted by molar-refractivity contribution is 0.0749. The Morgan fingerprint density at radius 3 is 2.70 bits per heavy atom. The molecule has 0 aliphatic carbocycles. The molecule has 0 unspecified atom stereocenters. The van der Waals surface area contributed by atoms with Gasteiger partial charge in [-0.05, 0) is 30.6 Å². The summed E-state index contributed by atoms with van der Waals surface area (Å²) in [6, 6.07) is 0. The van der Waals surface area contributed by atoms with Gasteiger partial charge in [0.25, 0.3) is 11.5 Å². The number of nitrogens with zero attached hydrogens (tertiary/aromatic N) is 2. The molecule has 20 heavy (non-hydrogen) atoms. The first kappa shape index (κ1) is 14.8. The first-order valence-corrected chi connectivity index (χ1v) is 7.21. The number of rotatable bonds is 1. The van der Waals surface area contributed by atoms with Crippen molar-refractivity contribution in [3.63, 3.8) is 0 Å². The summed E-state index contributed by atoms with van der Waals surface area (Å²) in [6.45, 7) is 8.27. The number of H-pyrrole nitrogens is 1. The summed E-state index contributed by atoms with van der Waals surface area (Å²) in [5.41, 5.74) is 0.228. The van der Waals surface area contributed by atoms with Crippen molar-refractivity contribution < 1.29 is 4.79 Å². The number of carbonyl (C=O) groups excluding carboxylic acids is 1. The molecule has 1 aromatic heterocycles. The number of nitrogens with one attached hydrogen (secondary N) is 1. The van der Waals surface area contributed by atoms with Crippen LogP contribution in [0.3, 0.4) is 0 Å². The van der Waals surface area contributed by atoms with Crippen LogP contribution in [-0.4, -0.2) is 33.9 Å². The van der Waals surface area contributed by atoms with Crippen molar-refractivity contribution in [1.29, 1.82) is 0 Å². The van der Waals surface area contributed by atoms with Crippen molar-refractivity contribution in [1.82, 2.24) is 14.9 Å². The Balaban J connectivity index is 2.07. The van der Waals surface area contributed by atoms with Crippen molar-refractivity contribution in [3.05, 3.63) is 28.4 Å². The summed E-state index contributed by atoms with van der Waals surface area (Å²) in [6.07, 6.45) is 5.78. The van der Waals surface area contributed by atoms with E-state index < -0.39 is 0 Å². The summed E-state index contributed by atoms with van der Waals surface area (Å²) in [5.74, 6) is 0.512. The molecule has 1 atom stereocenters. The first-order chi connectivity index (χ1) is 9.38. The molecular weight excluding hydrogens is 254 g/mol. The van der Waals surface area contributed by atoms with Crippen LogP contribution in [0.1, 0.15) is 50.5 Å². The van der Waals surface area contributed by atoms with Gasteiger partial charge in [-0.1, -0.05) is 20.8 Å². The van der Waals surface area contributed by atoms with E-state index in [1.54, 1.807) is 0 Å². The summed E-state index contributed by atoms with van der Waals surface area (Å²) >= 11 is 0. The molecule has 2 heterocycles. The average molecular weight is 277 g/mol. The van der Waals surface area contributed by atoms with Crippen molar-refractivity contribution in [2.75, 3.05) is 13.1 Å². The van der Waals surface area contributed by atoms with Crippen LogP contribution in [0, 0.1) is 11.3 Å². The minimum Gasteiger partial charge on any atom is -0.337 e. The molecule has 0 bridgehead atoms. The third-order valence-corrected chi connectivity index (χ3v) is 4.12. The molecule has 0 spiro atoms. The predicted molar refractivity (Wildman–Crippen MR) is 77.6 cm³/mol. The third kappa shape index (κ3) is 3.46. The number of hydrogen-bond acceptors (Lipinski definition) is 3. The number of carbonyl (C=O) groups is 1. The minimum atomic E-state index is -0.335. The van der Waals surface area contributed by atoms with Gasteiger partial charge in [0.1, 0.15) is 5.69 Å². The molecule has 1 N–H and O–H groups in total. The van der Waals surface area contributed by atoms with Gasteiger partial charge in [0.2, 0.25) is 0 Å². The SMILES string of the molecule is CC(C)(C)[C@@H]1CCCN(C(=O)c2cncc(=O)[nH]2)CC1. The fraction of sp³-hybridized carbons (Fsp3) is 0.667. The van der Waals surface area contributed by atoms with Crippen molar-refractivity contribution in [3.8, 4) is 0 Å². The molecule has 0 saturated carbocycles. The van der Waals surface area contributed by atoms with E-state index in [4.69, 9.17) is 0 Å². The van der Waals surface area contributed by atoms with E-state index in [0.717, 1.165) is 32.4 Å². The standard InChI is InChI=1S/C15H23N3O2/c1-15(2,3)11-5-4-7-18(8-6-11)14(20)12-9-16-10-13(19)17-12/h9-11H,4-8H2,1-3H3,(H,17,19)/t11-/m1/s1. The number of hydrogen-bond donors (Lipinski definition) is 1. The van der Waals surface area contributed by atoms with E-state index >= 15 is 0 Å². The van der Waals surface area contributed by atoms with Crippen LogP contribution in [0.25, 0.3) is 0 Å². The van der Waals surface area contributed by atoms with E-state index in [9.17, 15) is 9.59 Å². The van der Waals surface area contributed by atoms with E-state index in [0.29, 0.717) is 5.92 Å². The smallest absolute Gasteiger partial charge is 0.271 e. The number of amides is 1. The minimum absolute atomic E-state index is 0.121. The lowest BCUT2D eigenvalue weighted by atomic mass is 9.77. The van der Waals surface area contributed by atoms with Crippen LogP contribution in [0.15, 0.2) is 17.2 Å². The largest absolute Gasteiger partial charge is 0.337 e. The number of likely N-dealkylation sites (tertiary alicyclic amines) is 1. The summed E-state index contributed by atoms with van der Waals surface area (Å²) in [7, 11) is 0. The van der Waals surface area contributed by atoms with Gasteiger partial charge in [0, 0.05) is 13.1 Å². The van der Waals surface area contributed by atoms with Crippen molar-refractivity contribution >= 4 is 5.91 Å². The Hall–Kier alpha value is -1.65. The van der Waals surface area contributed by atoms with E-state index in [2.05, 4.69) is 30.7 Å². The first-order valence-electron chi connectivity index (χ1n) is 7.21. The Bertz CT molecular complexity index is 530. The van der Waals surface area contributed by atoms with E-state index in [1.165, 1.54) is 12.4 Å². The number of aromatic nitrogens is 2. The van der Waals surface area contributed by atoms with Crippen LogP contribution in [0.4, 0.5) is 0 Å². The predicted octanol–water partition coefficient (Wildman–Crippen LogP) is 2.06. The molecule has 1 aliphatic heterocycles. The summed E-state index contributed by atoms with van der Waals surface area (Å²) < 4.78 is 0. The third-order valence-electron chi connectivity index (χ3n) is 4.12. The van der Waals surface area contributed by atoms with E-state index in [-0.39, 0.29) is 22.6 Å². The molecule has 1 amide bonds. The van der Waals surface area contributed by atoms with Gasteiger partial charge >= 0.3 is 0 Å². The van der Waals surface area contributed by atoms with Crippen LogP contribution < -0.4 is 5.56 Å². The molecule has 5 heteroatoms. The maximum atomic E-state index is 12.4. The molecule has 2 rings (SSSR count). The van der Waals surface area contributed by atoms with Gasteiger partial charge in [-0.25, -0.2) is 0 Å². The van der Waals surface area contributed by atoms with Gasteiger partial charge in [-0.3, -0.25) is 14.6 Å². The fourth-order valence-corrected chi connectivity index (χ4v) is 2.82. The zero-order valence-corrected chi connectivity index (χ0v) is 12.5. The second kappa shape index (κ2) is 5.77. The molecule has 1 saturated heterocycles. The Kier molecular flexibility index (Phi) is 4.26. The van der Waals surface area contributed by atoms with Gasteiger partial charge in [0.15, 0.2) is 0 Å². The zero-order valence-electron chi connectivity index (χ0n) is 12.5. The topological polar surface area (TPSA) is 66.1 Å². The van der Waals surface area contributed by atoms with Gasteiger partial charge in [-0.15, -0.1) is 0 Å². The fourth-order valence-electron chi connectivity index (χ4n) is 2.82.